The zero-order valence-corrected chi connectivity index (χ0v) is 16.9. The van der Waals surface area contributed by atoms with Crippen LogP contribution < -0.4 is 0 Å². The number of rotatable bonds is 6. The molecule has 26 heavy (non-hydrogen) atoms. The molecule has 1 amide bonds. The molecule has 0 aromatic heterocycles. The molecule has 0 spiro atoms. The van der Waals surface area contributed by atoms with E-state index in [4.69, 9.17) is 0 Å². The maximum Gasteiger partial charge on any atom is 0.222 e. The summed E-state index contributed by atoms with van der Waals surface area (Å²) >= 11 is 0. The van der Waals surface area contributed by atoms with E-state index < -0.39 is 0 Å². The first-order chi connectivity index (χ1) is 12.5. The van der Waals surface area contributed by atoms with E-state index in [1.807, 2.05) is 0 Å². The van der Waals surface area contributed by atoms with Crippen molar-refractivity contribution < 1.29 is 4.79 Å². The van der Waals surface area contributed by atoms with Gasteiger partial charge in [-0.25, -0.2) is 0 Å². The summed E-state index contributed by atoms with van der Waals surface area (Å²) in [6.45, 7) is 7.19. The largest absolute Gasteiger partial charge is 0.342 e. The Morgan fingerprint density at radius 1 is 1.12 bits per heavy atom. The summed E-state index contributed by atoms with van der Waals surface area (Å²) in [4.78, 5) is 17.4. The zero-order valence-electron chi connectivity index (χ0n) is 16.9. The lowest BCUT2D eigenvalue weighted by Gasteiger charge is -2.34. The molecule has 1 aromatic carbocycles. The number of likely N-dealkylation sites (tertiary alicyclic amines) is 1. The van der Waals surface area contributed by atoms with Crippen molar-refractivity contribution in [1.82, 2.24) is 9.80 Å². The molecule has 3 nitrogen and oxygen atoms in total. The first-order valence-corrected chi connectivity index (χ1v) is 10.6. The summed E-state index contributed by atoms with van der Waals surface area (Å²) in [5.41, 5.74) is 1.40. The van der Waals surface area contributed by atoms with Gasteiger partial charge in [0.05, 0.1) is 0 Å². The second kappa shape index (κ2) is 9.03. The molecular formula is C23H36N2O. The lowest BCUT2D eigenvalue weighted by atomic mass is 9.87. The van der Waals surface area contributed by atoms with Crippen LogP contribution in [0.1, 0.15) is 63.9 Å². The van der Waals surface area contributed by atoms with Gasteiger partial charge in [-0.1, -0.05) is 63.4 Å². The van der Waals surface area contributed by atoms with Crippen LogP contribution in [0.25, 0.3) is 0 Å². The SMILES string of the molecule is CC(C)CC(=O)N1CC(CN(C)C2CCCCC2)C(c2ccccc2)C1. The van der Waals surface area contributed by atoms with E-state index in [1.54, 1.807) is 0 Å². The molecule has 1 aliphatic heterocycles. The maximum absolute atomic E-state index is 12.7. The minimum Gasteiger partial charge on any atom is -0.342 e. The fourth-order valence-electron chi connectivity index (χ4n) is 4.86. The summed E-state index contributed by atoms with van der Waals surface area (Å²) in [5.74, 6) is 1.78. The summed E-state index contributed by atoms with van der Waals surface area (Å²) in [5, 5.41) is 0. The van der Waals surface area contributed by atoms with Gasteiger partial charge in [0, 0.05) is 38.0 Å². The smallest absolute Gasteiger partial charge is 0.222 e. The van der Waals surface area contributed by atoms with Crippen LogP contribution in [-0.2, 0) is 4.79 Å². The van der Waals surface area contributed by atoms with Crippen molar-refractivity contribution in [2.45, 2.75) is 64.3 Å². The van der Waals surface area contributed by atoms with Crippen LogP contribution in [0.2, 0.25) is 0 Å². The van der Waals surface area contributed by atoms with Gasteiger partial charge in [-0.15, -0.1) is 0 Å². The van der Waals surface area contributed by atoms with Crippen molar-refractivity contribution in [1.29, 1.82) is 0 Å². The van der Waals surface area contributed by atoms with E-state index >= 15 is 0 Å². The highest BCUT2D eigenvalue weighted by atomic mass is 16.2. The van der Waals surface area contributed by atoms with Gasteiger partial charge in [-0.3, -0.25) is 4.79 Å². The van der Waals surface area contributed by atoms with Gasteiger partial charge in [0.25, 0.3) is 0 Å². The molecule has 1 saturated carbocycles. The number of nitrogens with zero attached hydrogens (tertiary/aromatic N) is 2. The third-order valence-corrected chi connectivity index (χ3v) is 6.32. The standard InChI is InChI=1S/C23H36N2O/c1-18(2)14-23(26)25-16-20(15-24(3)21-12-8-5-9-13-21)22(17-25)19-10-6-4-7-11-19/h4,6-7,10-11,18,20-22H,5,8-9,12-17H2,1-3H3. The highest BCUT2D eigenvalue weighted by Gasteiger charge is 2.37. The van der Waals surface area contributed by atoms with Crippen LogP contribution in [0.15, 0.2) is 30.3 Å². The first kappa shape index (κ1) is 19.4. The van der Waals surface area contributed by atoms with Crippen LogP contribution >= 0.6 is 0 Å². The van der Waals surface area contributed by atoms with Crippen molar-refractivity contribution >= 4 is 5.91 Å². The highest BCUT2D eigenvalue weighted by molar-refractivity contribution is 5.76. The van der Waals surface area contributed by atoms with Gasteiger partial charge in [0.1, 0.15) is 0 Å². The third kappa shape index (κ3) is 4.88. The monoisotopic (exact) mass is 356 g/mol. The molecule has 1 aromatic rings. The second-order valence-corrected chi connectivity index (χ2v) is 8.91. The predicted octanol–water partition coefficient (Wildman–Crippen LogP) is 4.54. The molecule has 2 aliphatic rings. The number of hydrogen-bond donors (Lipinski definition) is 0. The van der Waals surface area contributed by atoms with E-state index in [0.717, 1.165) is 25.7 Å². The summed E-state index contributed by atoms with van der Waals surface area (Å²) in [6, 6.07) is 11.6. The van der Waals surface area contributed by atoms with Gasteiger partial charge in [0.2, 0.25) is 5.91 Å². The molecule has 0 radical (unpaired) electrons. The van der Waals surface area contributed by atoms with Crippen molar-refractivity contribution in [3.05, 3.63) is 35.9 Å². The Morgan fingerprint density at radius 2 is 1.81 bits per heavy atom. The molecule has 2 fully saturated rings. The molecule has 3 rings (SSSR count). The van der Waals surface area contributed by atoms with Crippen molar-refractivity contribution in [2.75, 3.05) is 26.7 Å². The molecule has 2 atom stereocenters. The Balaban J connectivity index is 1.70. The van der Waals surface area contributed by atoms with Crippen LogP contribution in [0.4, 0.5) is 0 Å². The molecule has 1 heterocycles. The molecular weight excluding hydrogens is 320 g/mol. The maximum atomic E-state index is 12.7. The third-order valence-electron chi connectivity index (χ3n) is 6.32. The fraction of sp³-hybridized carbons (Fsp3) is 0.696. The predicted molar refractivity (Wildman–Crippen MR) is 108 cm³/mol. The average molecular weight is 357 g/mol. The number of carbonyl (C=O) groups is 1. The van der Waals surface area contributed by atoms with E-state index in [-0.39, 0.29) is 0 Å². The van der Waals surface area contributed by atoms with Crippen LogP contribution in [0.5, 0.6) is 0 Å². The molecule has 1 saturated heterocycles. The molecule has 0 bridgehead atoms. The van der Waals surface area contributed by atoms with Crippen molar-refractivity contribution in [3.8, 4) is 0 Å². The van der Waals surface area contributed by atoms with Gasteiger partial charge in [0.15, 0.2) is 0 Å². The van der Waals surface area contributed by atoms with E-state index in [9.17, 15) is 4.79 Å². The van der Waals surface area contributed by atoms with Gasteiger partial charge in [-0.05, 0) is 37.3 Å². The van der Waals surface area contributed by atoms with E-state index in [1.165, 1.54) is 37.7 Å². The van der Waals surface area contributed by atoms with Crippen LogP contribution in [-0.4, -0.2) is 48.4 Å². The first-order valence-electron chi connectivity index (χ1n) is 10.6. The van der Waals surface area contributed by atoms with Crippen LogP contribution in [0, 0.1) is 11.8 Å². The number of carbonyl (C=O) groups excluding carboxylic acids is 1. The fourth-order valence-corrected chi connectivity index (χ4v) is 4.86. The lowest BCUT2D eigenvalue weighted by molar-refractivity contribution is -0.131. The number of amides is 1. The Kier molecular flexibility index (Phi) is 6.74. The number of benzene rings is 1. The van der Waals surface area contributed by atoms with E-state index in [0.29, 0.717) is 30.1 Å². The highest BCUT2D eigenvalue weighted by Crippen LogP contribution is 2.35. The molecule has 1 aliphatic carbocycles. The summed E-state index contributed by atoms with van der Waals surface area (Å²) in [7, 11) is 2.30. The minimum atomic E-state index is 0.337. The second-order valence-electron chi connectivity index (χ2n) is 8.91. The molecule has 2 unspecified atom stereocenters. The minimum absolute atomic E-state index is 0.337. The zero-order chi connectivity index (χ0) is 18.5. The topological polar surface area (TPSA) is 23.6 Å². The van der Waals surface area contributed by atoms with Gasteiger partial charge >= 0.3 is 0 Å². The van der Waals surface area contributed by atoms with Gasteiger partial charge in [-0.2, -0.15) is 0 Å². The normalized spacial score (nSPS) is 24.6. The van der Waals surface area contributed by atoms with Crippen LogP contribution in [0.3, 0.4) is 0 Å². The Morgan fingerprint density at radius 3 is 2.46 bits per heavy atom. The quantitative estimate of drug-likeness (QED) is 0.747. The molecule has 3 heteroatoms. The van der Waals surface area contributed by atoms with Crippen molar-refractivity contribution in [3.63, 3.8) is 0 Å². The van der Waals surface area contributed by atoms with Crippen molar-refractivity contribution in [2.24, 2.45) is 11.8 Å². The summed E-state index contributed by atoms with van der Waals surface area (Å²) < 4.78 is 0. The lowest BCUT2D eigenvalue weighted by Crippen LogP contribution is -2.39. The number of hydrogen-bond acceptors (Lipinski definition) is 2. The van der Waals surface area contributed by atoms with E-state index in [2.05, 4.69) is 61.0 Å². The van der Waals surface area contributed by atoms with Gasteiger partial charge < -0.3 is 9.80 Å². The Labute approximate surface area is 159 Å². The molecule has 0 N–H and O–H groups in total. The average Bonchev–Trinajstić information content (AvgIpc) is 3.06. The molecule has 144 valence electrons. The Bertz CT molecular complexity index is 565. The Hall–Kier alpha value is -1.35. The summed E-state index contributed by atoms with van der Waals surface area (Å²) in [6.07, 6.45) is 7.51.